The van der Waals surface area contributed by atoms with Crippen molar-refractivity contribution in [3.05, 3.63) is 29.8 Å². The van der Waals surface area contributed by atoms with Crippen molar-refractivity contribution in [2.75, 3.05) is 19.4 Å². The van der Waals surface area contributed by atoms with E-state index in [0.29, 0.717) is 0 Å². The standard InChI is InChI=1S/C15H24N2O2/c1-11(2)14(18)9-15(19)16-13-7-5-6-12(8-13)10-17(3)4/h5-8,11,14,18H,9-10H2,1-4H3,(H,16,19). The largest absolute Gasteiger partial charge is 0.392 e. The highest BCUT2D eigenvalue weighted by molar-refractivity contribution is 5.91. The second-order valence-corrected chi connectivity index (χ2v) is 5.50. The van der Waals surface area contributed by atoms with Gasteiger partial charge in [-0.1, -0.05) is 26.0 Å². The van der Waals surface area contributed by atoms with Gasteiger partial charge in [0, 0.05) is 12.2 Å². The number of aliphatic hydroxyl groups excluding tert-OH is 1. The van der Waals surface area contributed by atoms with Gasteiger partial charge in [0.05, 0.1) is 12.5 Å². The summed E-state index contributed by atoms with van der Waals surface area (Å²) in [7, 11) is 4.01. The quantitative estimate of drug-likeness (QED) is 0.827. The van der Waals surface area contributed by atoms with Gasteiger partial charge in [-0.15, -0.1) is 0 Å². The van der Waals surface area contributed by atoms with Crippen LogP contribution in [0.15, 0.2) is 24.3 Å². The molecule has 0 saturated heterocycles. The lowest BCUT2D eigenvalue weighted by molar-refractivity contribution is -0.118. The van der Waals surface area contributed by atoms with Crippen LogP contribution in [0.4, 0.5) is 5.69 Å². The van der Waals surface area contributed by atoms with Crippen LogP contribution in [0.5, 0.6) is 0 Å². The van der Waals surface area contributed by atoms with E-state index in [9.17, 15) is 9.90 Å². The molecule has 0 aliphatic rings. The Hall–Kier alpha value is -1.39. The lowest BCUT2D eigenvalue weighted by Gasteiger charge is -2.15. The maximum Gasteiger partial charge on any atom is 0.226 e. The molecule has 1 rings (SSSR count). The number of amides is 1. The Bertz CT molecular complexity index is 416. The number of carbonyl (C=O) groups excluding carboxylic acids is 1. The van der Waals surface area contributed by atoms with Crippen molar-refractivity contribution in [1.29, 1.82) is 0 Å². The first-order valence-electron chi connectivity index (χ1n) is 6.60. The van der Waals surface area contributed by atoms with Gasteiger partial charge in [0.2, 0.25) is 5.91 Å². The van der Waals surface area contributed by atoms with Gasteiger partial charge in [-0.05, 0) is 37.7 Å². The van der Waals surface area contributed by atoms with Crippen LogP contribution in [0, 0.1) is 5.92 Å². The molecule has 0 aliphatic heterocycles. The van der Waals surface area contributed by atoms with Crippen molar-refractivity contribution in [3.63, 3.8) is 0 Å². The average molecular weight is 264 g/mol. The molecule has 106 valence electrons. The first-order chi connectivity index (χ1) is 8.88. The number of hydrogen-bond acceptors (Lipinski definition) is 3. The molecule has 2 N–H and O–H groups in total. The monoisotopic (exact) mass is 264 g/mol. The van der Waals surface area contributed by atoms with Gasteiger partial charge >= 0.3 is 0 Å². The molecule has 0 saturated carbocycles. The van der Waals surface area contributed by atoms with Crippen molar-refractivity contribution in [3.8, 4) is 0 Å². The molecule has 0 aliphatic carbocycles. The molecular weight excluding hydrogens is 240 g/mol. The summed E-state index contributed by atoms with van der Waals surface area (Å²) in [5.41, 5.74) is 1.92. The molecule has 1 aromatic carbocycles. The molecule has 1 unspecified atom stereocenters. The minimum Gasteiger partial charge on any atom is -0.392 e. The van der Waals surface area contributed by atoms with Gasteiger partial charge in [0.15, 0.2) is 0 Å². The Labute approximate surface area is 115 Å². The summed E-state index contributed by atoms with van der Waals surface area (Å²) in [6.45, 7) is 4.63. The van der Waals surface area contributed by atoms with Crippen LogP contribution < -0.4 is 5.32 Å². The first kappa shape index (κ1) is 15.7. The molecule has 4 nitrogen and oxygen atoms in total. The highest BCUT2D eigenvalue weighted by atomic mass is 16.3. The van der Waals surface area contributed by atoms with Gasteiger partial charge in [-0.25, -0.2) is 0 Å². The molecule has 0 heterocycles. The normalized spacial score (nSPS) is 12.8. The third kappa shape index (κ3) is 5.85. The molecule has 0 radical (unpaired) electrons. The highest BCUT2D eigenvalue weighted by Crippen LogP contribution is 2.13. The lowest BCUT2D eigenvalue weighted by Crippen LogP contribution is -2.23. The van der Waals surface area contributed by atoms with Crippen LogP contribution >= 0.6 is 0 Å². The Kier molecular flexibility index (Phi) is 5.99. The third-order valence-corrected chi connectivity index (χ3v) is 2.87. The molecular formula is C15H24N2O2. The smallest absolute Gasteiger partial charge is 0.226 e. The van der Waals surface area contributed by atoms with E-state index >= 15 is 0 Å². The first-order valence-corrected chi connectivity index (χ1v) is 6.60. The number of anilines is 1. The topological polar surface area (TPSA) is 52.6 Å². The van der Waals surface area contributed by atoms with Crippen molar-refractivity contribution in [2.45, 2.75) is 32.9 Å². The van der Waals surface area contributed by atoms with Crippen LogP contribution in [0.25, 0.3) is 0 Å². The molecule has 0 fully saturated rings. The maximum atomic E-state index is 11.8. The number of benzene rings is 1. The SMILES string of the molecule is CC(C)C(O)CC(=O)Nc1cccc(CN(C)C)c1. The summed E-state index contributed by atoms with van der Waals surface area (Å²) >= 11 is 0. The van der Waals surface area contributed by atoms with E-state index in [1.54, 1.807) is 0 Å². The second kappa shape index (κ2) is 7.26. The van der Waals surface area contributed by atoms with E-state index in [2.05, 4.69) is 10.2 Å². The minimum absolute atomic E-state index is 0.0887. The fourth-order valence-electron chi connectivity index (χ4n) is 1.75. The number of nitrogens with one attached hydrogen (secondary N) is 1. The summed E-state index contributed by atoms with van der Waals surface area (Å²) in [6, 6.07) is 7.77. The minimum atomic E-state index is -0.593. The van der Waals surface area contributed by atoms with Crippen LogP contribution in [0.1, 0.15) is 25.8 Å². The van der Waals surface area contributed by atoms with Crippen LogP contribution in [0.2, 0.25) is 0 Å². The molecule has 1 aromatic rings. The number of aliphatic hydroxyl groups is 1. The Morgan fingerprint density at radius 3 is 2.63 bits per heavy atom. The van der Waals surface area contributed by atoms with Gasteiger partial charge < -0.3 is 15.3 Å². The van der Waals surface area contributed by atoms with E-state index < -0.39 is 6.10 Å². The van der Waals surface area contributed by atoms with E-state index in [1.165, 1.54) is 0 Å². The zero-order valence-corrected chi connectivity index (χ0v) is 12.2. The fourth-order valence-corrected chi connectivity index (χ4v) is 1.75. The average Bonchev–Trinajstić information content (AvgIpc) is 2.27. The molecule has 4 heteroatoms. The summed E-state index contributed by atoms with van der Waals surface area (Å²) in [4.78, 5) is 13.9. The van der Waals surface area contributed by atoms with Crippen LogP contribution in [-0.4, -0.2) is 36.1 Å². The van der Waals surface area contributed by atoms with Crippen LogP contribution in [-0.2, 0) is 11.3 Å². The van der Waals surface area contributed by atoms with Gasteiger partial charge in [0.25, 0.3) is 0 Å². The molecule has 0 bridgehead atoms. The zero-order valence-electron chi connectivity index (χ0n) is 12.2. The van der Waals surface area contributed by atoms with Gasteiger partial charge in [-0.3, -0.25) is 4.79 Å². The molecule has 19 heavy (non-hydrogen) atoms. The van der Waals surface area contributed by atoms with Crippen molar-refractivity contribution >= 4 is 11.6 Å². The Morgan fingerprint density at radius 2 is 2.05 bits per heavy atom. The van der Waals surface area contributed by atoms with Gasteiger partial charge in [0.1, 0.15) is 0 Å². The van der Waals surface area contributed by atoms with Gasteiger partial charge in [-0.2, -0.15) is 0 Å². The third-order valence-electron chi connectivity index (χ3n) is 2.87. The predicted molar refractivity (Wildman–Crippen MR) is 77.9 cm³/mol. The fraction of sp³-hybridized carbons (Fsp3) is 0.533. The predicted octanol–water partition coefficient (Wildman–Crippen LogP) is 2.09. The molecule has 1 atom stereocenters. The van der Waals surface area contributed by atoms with Crippen molar-refractivity contribution in [2.24, 2.45) is 5.92 Å². The molecule has 1 amide bonds. The summed E-state index contributed by atoms with van der Waals surface area (Å²) in [5.74, 6) is -0.0611. The summed E-state index contributed by atoms with van der Waals surface area (Å²) in [5, 5.41) is 12.5. The van der Waals surface area contributed by atoms with E-state index in [-0.39, 0.29) is 18.2 Å². The van der Waals surface area contributed by atoms with E-state index in [4.69, 9.17) is 0 Å². The van der Waals surface area contributed by atoms with Crippen molar-refractivity contribution < 1.29 is 9.90 Å². The number of carbonyl (C=O) groups is 1. The molecule has 0 spiro atoms. The van der Waals surface area contributed by atoms with Crippen LogP contribution in [0.3, 0.4) is 0 Å². The van der Waals surface area contributed by atoms with Crippen molar-refractivity contribution in [1.82, 2.24) is 4.90 Å². The Balaban J connectivity index is 2.59. The Morgan fingerprint density at radius 1 is 1.37 bits per heavy atom. The number of nitrogens with zero attached hydrogens (tertiary/aromatic N) is 1. The lowest BCUT2D eigenvalue weighted by atomic mass is 10.0. The van der Waals surface area contributed by atoms with E-state index in [0.717, 1.165) is 17.8 Å². The number of rotatable bonds is 6. The molecule has 0 aromatic heterocycles. The highest BCUT2D eigenvalue weighted by Gasteiger charge is 2.14. The summed E-state index contributed by atoms with van der Waals surface area (Å²) < 4.78 is 0. The maximum absolute atomic E-state index is 11.8. The second-order valence-electron chi connectivity index (χ2n) is 5.50. The zero-order chi connectivity index (χ0) is 14.4. The summed E-state index contributed by atoms with van der Waals surface area (Å²) in [6.07, 6.45) is -0.458. The number of hydrogen-bond donors (Lipinski definition) is 2. The van der Waals surface area contributed by atoms with E-state index in [1.807, 2.05) is 52.2 Å².